The van der Waals surface area contributed by atoms with Crippen molar-refractivity contribution in [2.45, 2.75) is 51.5 Å². The normalized spacial score (nSPS) is 17.4. The lowest BCUT2D eigenvalue weighted by Crippen LogP contribution is -2.43. The van der Waals surface area contributed by atoms with Gasteiger partial charge in [-0.2, -0.15) is 5.10 Å². The first-order valence-electron chi connectivity index (χ1n) is 9.12. The zero-order valence-electron chi connectivity index (χ0n) is 15.8. The summed E-state index contributed by atoms with van der Waals surface area (Å²) in [5, 5.41) is 6.93. The number of unbranched alkanes of at least 4 members (excludes halogenated alkanes) is 1. The van der Waals surface area contributed by atoms with Crippen molar-refractivity contribution in [3.63, 3.8) is 0 Å². The molecule has 1 fully saturated rings. The fourth-order valence-corrected chi connectivity index (χ4v) is 3.01. The molecule has 0 radical (unpaired) electrons. The summed E-state index contributed by atoms with van der Waals surface area (Å²) < 4.78 is 28.0. The number of carbonyl (C=O) groups is 2. The molecule has 0 bridgehead atoms. The van der Waals surface area contributed by atoms with Crippen LogP contribution >= 0.6 is 0 Å². The minimum Gasteiger partial charge on any atom is -0.352 e. The summed E-state index contributed by atoms with van der Waals surface area (Å²) >= 11 is 0. The standard InChI is InChI=1S/C18H27F2N5O2/c1-3-9-25-13(2)14(11-23-25)16(26)22-8-5-4-6-15(21)17(27)24-10-7-18(19,20)12-24/h3,9,11,15H,4-8,10,12,21H2,1-2H3,(H,22,26)/b9-3+. The van der Waals surface area contributed by atoms with E-state index in [4.69, 9.17) is 5.73 Å². The van der Waals surface area contributed by atoms with Crippen LogP contribution in [0.5, 0.6) is 0 Å². The van der Waals surface area contributed by atoms with Crippen molar-refractivity contribution in [3.8, 4) is 0 Å². The molecule has 1 unspecified atom stereocenters. The summed E-state index contributed by atoms with van der Waals surface area (Å²) in [6.07, 6.45) is 6.47. The van der Waals surface area contributed by atoms with Crippen LogP contribution in [0, 0.1) is 6.92 Å². The van der Waals surface area contributed by atoms with Crippen molar-refractivity contribution >= 4 is 18.0 Å². The Morgan fingerprint density at radius 2 is 2.19 bits per heavy atom. The Bertz CT molecular complexity index is 702. The summed E-state index contributed by atoms with van der Waals surface area (Å²) in [4.78, 5) is 25.4. The Kier molecular flexibility index (Phi) is 7.06. The maximum Gasteiger partial charge on any atom is 0.267 e. The Labute approximate surface area is 157 Å². The minimum atomic E-state index is -2.81. The SMILES string of the molecule is C/C=C/n1ncc(C(=O)NCCCCC(N)C(=O)N2CCC(F)(F)C2)c1C. The summed E-state index contributed by atoms with van der Waals surface area (Å²) in [6, 6.07) is -0.782. The van der Waals surface area contributed by atoms with Gasteiger partial charge in [0.15, 0.2) is 0 Å². The second kappa shape index (κ2) is 9.07. The van der Waals surface area contributed by atoms with E-state index in [-0.39, 0.29) is 18.9 Å². The molecule has 2 heterocycles. The highest BCUT2D eigenvalue weighted by molar-refractivity contribution is 5.95. The van der Waals surface area contributed by atoms with Crippen molar-refractivity contribution < 1.29 is 18.4 Å². The van der Waals surface area contributed by atoms with Crippen LogP contribution in [0.15, 0.2) is 12.3 Å². The Morgan fingerprint density at radius 1 is 1.44 bits per heavy atom. The molecule has 27 heavy (non-hydrogen) atoms. The largest absolute Gasteiger partial charge is 0.352 e. The van der Waals surface area contributed by atoms with Crippen LogP contribution in [0.25, 0.3) is 6.20 Å². The van der Waals surface area contributed by atoms with E-state index >= 15 is 0 Å². The van der Waals surface area contributed by atoms with Gasteiger partial charge in [0.2, 0.25) is 5.91 Å². The third kappa shape index (κ3) is 5.59. The van der Waals surface area contributed by atoms with Crippen LogP contribution in [0.3, 0.4) is 0 Å². The van der Waals surface area contributed by atoms with Crippen molar-refractivity contribution in [2.75, 3.05) is 19.6 Å². The number of allylic oxidation sites excluding steroid dienone is 1. The van der Waals surface area contributed by atoms with Gasteiger partial charge in [0.1, 0.15) is 0 Å². The molecule has 7 nitrogen and oxygen atoms in total. The first kappa shape index (κ1) is 21.0. The van der Waals surface area contributed by atoms with E-state index in [1.54, 1.807) is 10.9 Å². The van der Waals surface area contributed by atoms with Gasteiger partial charge in [-0.15, -0.1) is 0 Å². The molecule has 150 valence electrons. The molecule has 0 aromatic carbocycles. The molecule has 0 aliphatic carbocycles. The number of rotatable bonds is 8. The summed E-state index contributed by atoms with van der Waals surface area (Å²) in [5.41, 5.74) is 7.09. The number of likely N-dealkylation sites (tertiary alicyclic amines) is 1. The first-order chi connectivity index (χ1) is 12.7. The van der Waals surface area contributed by atoms with E-state index in [0.29, 0.717) is 31.4 Å². The molecule has 0 spiro atoms. The van der Waals surface area contributed by atoms with Gasteiger partial charge < -0.3 is 16.0 Å². The van der Waals surface area contributed by atoms with Gasteiger partial charge in [-0.05, 0) is 33.1 Å². The second-order valence-electron chi connectivity index (χ2n) is 6.79. The molecule has 2 rings (SSSR count). The smallest absolute Gasteiger partial charge is 0.267 e. The van der Waals surface area contributed by atoms with E-state index in [1.807, 2.05) is 19.9 Å². The highest BCUT2D eigenvalue weighted by Crippen LogP contribution is 2.27. The molecule has 1 aliphatic rings. The van der Waals surface area contributed by atoms with Crippen LogP contribution in [-0.2, 0) is 4.79 Å². The first-order valence-corrected chi connectivity index (χ1v) is 9.12. The van der Waals surface area contributed by atoms with E-state index in [1.165, 1.54) is 6.20 Å². The number of carbonyl (C=O) groups excluding carboxylic acids is 2. The van der Waals surface area contributed by atoms with Gasteiger partial charge in [-0.3, -0.25) is 9.59 Å². The van der Waals surface area contributed by atoms with Crippen LogP contribution in [-0.4, -0.2) is 58.1 Å². The van der Waals surface area contributed by atoms with Gasteiger partial charge in [0, 0.05) is 25.7 Å². The van der Waals surface area contributed by atoms with Crippen molar-refractivity contribution in [1.29, 1.82) is 0 Å². The number of halogens is 2. The topological polar surface area (TPSA) is 93.2 Å². The van der Waals surface area contributed by atoms with E-state index in [0.717, 1.165) is 10.6 Å². The Hall–Kier alpha value is -2.29. The highest BCUT2D eigenvalue weighted by atomic mass is 19.3. The summed E-state index contributed by atoms with van der Waals surface area (Å²) in [7, 11) is 0. The Balaban J connectivity index is 1.68. The number of nitrogens with zero attached hydrogens (tertiary/aromatic N) is 3. The maximum absolute atomic E-state index is 13.2. The average Bonchev–Trinajstić information content (AvgIpc) is 3.16. The third-order valence-electron chi connectivity index (χ3n) is 4.61. The molecule has 1 aromatic heterocycles. The fraction of sp³-hybridized carbons (Fsp3) is 0.611. The quantitative estimate of drug-likeness (QED) is 0.669. The summed E-state index contributed by atoms with van der Waals surface area (Å²) in [5.74, 6) is -3.44. The van der Waals surface area contributed by atoms with E-state index < -0.39 is 24.4 Å². The zero-order chi connectivity index (χ0) is 20.0. The van der Waals surface area contributed by atoms with Crippen LogP contribution in [0.1, 0.15) is 48.7 Å². The molecule has 0 saturated carbocycles. The third-order valence-corrected chi connectivity index (χ3v) is 4.61. The summed E-state index contributed by atoms with van der Waals surface area (Å²) in [6.45, 7) is 3.63. The Morgan fingerprint density at radius 3 is 2.81 bits per heavy atom. The monoisotopic (exact) mass is 383 g/mol. The molecular weight excluding hydrogens is 356 g/mol. The number of amides is 2. The van der Waals surface area contributed by atoms with Gasteiger partial charge in [-0.25, -0.2) is 13.5 Å². The molecule has 9 heteroatoms. The van der Waals surface area contributed by atoms with Gasteiger partial charge >= 0.3 is 0 Å². The molecule has 1 saturated heterocycles. The van der Waals surface area contributed by atoms with Crippen molar-refractivity contribution in [3.05, 3.63) is 23.5 Å². The fourth-order valence-electron chi connectivity index (χ4n) is 3.01. The number of hydrogen-bond donors (Lipinski definition) is 2. The lowest BCUT2D eigenvalue weighted by Gasteiger charge is -2.20. The number of aromatic nitrogens is 2. The van der Waals surface area contributed by atoms with Crippen LogP contribution in [0.2, 0.25) is 0 Å². The van der Waals surface area contributed by atoms with E-state index in [9.17, 15) is 18.4 Å². The molecule has 1 aliphatic heterocycles. The van der Waals surface area contributed by atoms with Gasteiger partial charge in [-0.1, -0.05) is 6.08 Å². The van der Waals surface area contributed by atoms with Crippen LogP contribution in [0.4, 0.5) is 8.78 Å². The van der Waals surface area contributed by atoms with E-state index in [2.05, 4.69) is 10.4 Å². The number of nitrogens with one attached hydrogen (secondary N) is 1. The lowest BCUT2D eigenvalue weighted by atomic mass is 10.1. The average molecular weight is 383 g/mol. The maximum atomic E-state index is 13.2. The number of hydrogen-bond acceptors (Lipinski definition) is 4. The lowest BCUT2D eigenvalue weighted by molar-refractivity contribution is -0.133. The molecule has 1 aromatic rings. The zero-order valence-corrected chi connectivity index (χ0v) is 15.8. The minimum absolute atomic E-state index is 0.0514. The molecule has 1 atom stereocenters. The predicted molar refractivity (Wildman–Crippen MR) is 98.3 cm³/mol. The highest BCUT2D eigenvalue weighted by Gasteiger charge is 2.41. The number of nitrogens with two attached hydrogens (primary N) is 1. The van der Waals surface area contributed by atoms with Crippen molar-refractivity contribution in [2.24, 2.45) is 5.73 Å². The molecule has 3 N–H and O–H groups in total. The number of alkyl halides is 2. The molecular formula is C18H27F2N5O2. The van der Waals surface area contributed by atoms with Crippen LogP contribution < -0.4 is 11.1 Å². The van der Waals surface area contributed by atoms with Gasteiger partial charge in [0.05, 0.1) is 30.0 Å². The van der Waals surface area contributed by atoms with Gasteiger partial charge in [0.25, 0.3) is 11.8 Å². The predicted octanol–water partition coefficient (Wildman–Crippen LogP) is 1.78. The van der Waals surface area contributed by atoms with Crippen molar-refractivity contribution in [1.82, 2.24) is 20.0 Å². The molecule has 2 amide bonds. The second-order valence-corrected chi connectivity index (χ2v) is 6.79.